The molecule has 2 aromatic carbocycles. The molecular formula is C22H19N3O4. The van der Waals surface area contributed by atoms with Crippen molar-refractivity contribution in [2.45, 2.75) is 19.0 Å². The Morgan fingerprint density at radius 1 is 1.00 bits per heavy atom. The molecule has 0 bridgehead atoms. The van der Waals surface area contributed by atoms with Gasteiger partial charge in [-0.3, -0.25) is 4.79 Å². The van der Waals surface area contributed by atoms with Gasteiger partial charge in [-0.25, -0.2) is 4.79 Å². The molecule has 7 heteroatoms. The molecule has 0 saturated carbocycles. The highest BCUT2D eigenvalue weighted by Gasteiger charge is 2.18. The maximum atomic E-state index is 12.7. The van der Waals surface area contributed by atoms with E-state index in [2.05, 4.69) is 10.4 Å². The van der Waals surface area contributed by atoms with Crippen LogP contribution in [0.4, 0.5) is 0 Å². The highest BCUT2D eigenvalue weighted by Crippen LogP contribution is 2.19. The summed E-state index contributed by atoms with van der Waals surface area (Å²) in [5, 5.41) is 7.04. The van der Waals surface area contributed by atoms with Gasteiger partial charge in [0.15, 0.2) is 5.76 Å². The Morgan fingerprint density at radius 3 is 2.41 bits per heavy atom. The predicted octanol–water partition coefficient (Wildman–Crippen LogP) is 3.20. The van der Waals surface area contributed by atoms with Crippen molar-refractivity contribution in [3.63, 3.8) is 0 Å². The molecule has 29 heavy (non-hydrogen) atoms. The molecule has 0 saturated heterocycles. The van der Waals surface area contributed by atoms with Crippen molar-refractivity contribution in [1.29, 1.82) is 0 Å². The molecule has 1 atom stereocenters. The normalized spacial score (nSPS) is 11.9. The summed E-state index contributed by atoms with van der Waals surface area (Å²) in [7, 11) is 0. The van der Waals surface area contributed by atoms with Crippen LogP contribution in [0.25, 0.3) is 11.7 Å². The molecule has 0 fully saturated rings. The van der Waals surface area contributed by atoms with Crippen LogP contribution in [0.3, 0.4) is 0 Å². The van der Waals surface area contributed by atoms with E-state index in [-0.39, 0.29) is 24.4 Å². The SMILES string of the molecule is O=C(Cn1nc(-c2ccco2)oc1=O)NC(Cc1ccccc1)c1ccccc1. The van der Waals surface area contributed by atoms with E-state index in [1.54, 1.807) is 12.1 Å². The maximum absolute atomic E-state index is 12.7. The van der Waals surface area contributed by atoms with Crippen LogP contribution in [0.1, 0.15) is 17.2 Å². The van der Waals surface area contributed by atoms with Crippen LogP contribution in [0.15, 0.2) is 92.7 Å². The summed E-state index contributed by atoms with van der Waals surface area (Å²) in [5.41, 5.74) is 2.08. The zero-order valence-electron chi connectivity index (χ0n) is 15.5. The Morgan fingerprint density at radius 2 is 1.72 bits per heavy atom. The summed E-state index contributed by atoms with van der Waals surface area (Å²) in [6.45, 7) is -0.249. The first-order valence-electron chi connectivity index (χ1n) is 9.19. The fourth-order valence-electron chi connectivity index (χ4n) is 3.07. The lowest BCUT2D eigenvalue weighted by molar-refractivity contribution is -0.122. The van der Waals surface area contributed by atoms with E-state index in [1.165, 1.54) is 6.26 Å². The first kappa shape index (κ1) is 18.5. The van der Waals surface area contributed by atoms with Crippen LogP contribution in [0.2, 0.25) is 0 Å². The van der Waals surface area contributed by atoms with Gasteiger partial charge in [-0.1, -0.05) is 60.7 Å². The topological polar surface area (TPSA) is 90.3 Å². The standard InChI is InChI=1S/C22H19N3O4/c26-20(15-25-22(27)29-21(24-25)19-12-7-13-28-19)23-18(17-10-5-2-6-11-17)14-16-8-3-1-4-9-16/h1-13,18H,14-15H2,(H,23,26). The van der Waals surface area contributed by atoms with Crippen molar-refractivity contribution < 1.29 is 13.6 Å². The number of carbonyl (C=O) groups excluding carboxylic acids is 1. The molecule has 2 heterocycles. The lowest BCUT2D eigenvalue weighted by atomic mass is 9.99. The Hall–Kier alpha value is -3.87. The maximum Gasteiger partial charge on any atom is 0.437 e. The molecule has 0 aliphatic carbocycles. The van der Waals surface area contributed by atoms with E-state index in [9.17, 15) is 9.59 Å². The number of nitrogens with zero attached hydrogens (tertiary/aromatic N) is 2. The minimum Gasteiger partial charge on any atom is -0.459 e. The second-order valence-corrected chi connectivity index (χ2v) is 6.53. The van der Waals surface area contributed by atoms with E-state index < -0.39 is 5.76 Å². The predicted molar refractivity (Wildman–Crippen MR) is 106 cm³/mol. The summed E-state index contributed by atoms with van der Waals surface area (Å²) < 4.78 is 11.2. The number of carbonyl (C=O) groups is 1. The van der Waals surface area contributed by atoms with Crippen LogP contribution in [0, 0.1) is 0 Å². The van der Waals surface area contributed by atoms with E-state index in [4.69, 9.17) is 8.83 Å². The van der Waals surface area contributed by atoms with E-state index in [0.29, 0.717) is 12.2 Å². The van der Waals surface area contributed by atoms with Gasteiger partial charge >= 0.3 is 5.76 Å². The summed E-state index contributed by atoms with van der Waals surface area (Å²) in [5.74, 6) is -0.689. The molecule has 4 rings (SSSR count). The quantitative estimate of drug-likeness (QED) is 0.524. The highest BCUT2D eigenvalue weighted by atomic mass is 16.4. The van der Waals surface area contributed by atoms with Gasteiger partial charge in [0.25, 0.3) is 5.89 Å². The summed E-state index contributed by atoms with van der Waals surface area (Å²) in [4.78, 5) is 24.7. The van der Waals surface area contributed by atoms with Gasteiger partial charge in [0.1, 0.15) is 6.54 Å². The number of rotatable bonds is 7. The fourth-order valence-corrected chi connectivity index (χ4v) is 3.07. The van der Waals surface area contributed by atoms with Crippen LogP contribution in [-0.4, -0.2) is 15.7 Å². The van der Waals surface area contributed by atoms with Gasteiger partial charge in [0.2, 0.25) is 5.91 Å². The smallest absolute Gasteiger partial charge is 0.437 e. The average Bonchev–Trinajstić information content (AvgIpc) is 3.39. The number of benzene rings is 2. The monoisotopic (exact) mass is 389 g/mol. The van der Waals surface area contributed by atoms with Gasteiger partial charge in [-0.15, -0.1) is 5.10 Å². The van der Waals surface area contributed by atoms with Crippen molar-refractivity contribution in [2.24, 2.45) is 0 Å². The lowest BCUT2D eigenvalue weighted by Crippen LogP contribution is -2.35. The number of hydrogen-bond acceptors (Lipinski definition) is 5. The molecule has 1 N–H and O–H groups in total. The van der Waals surface area contributed by atoms with Crippen molar-refractivity contribution in [1.82, 2.24) is 15.1 Å². The summed E-state index contributed by atoms with van der Waals surface area (Å²) in [6.07, 6.45) is 2.08. The number of amides is 1. The Bertz CT molecular complexity index is 1120. The highest BCUT2D eigenvalue weighted by molar-refractivity contribution is 5.76. The third kappa shape index (κ3) is 4.52. The van der Waals surface area contributed by atoms with Gasteiger partial charge < -0.3 is 14.2 Å². The van der Waals surface area contributed by atoms with E-state index in [1.807, 2.05) is 60.7 Å². The van der Waals surface area contributed by atoms with Gasteiger partial charge in [-0.2, -0.15) is 4.68 Å². The largest absolute Gasteiger partial charge is 0.459 e. The van der Waals surface area contributed by atoms with Crippen molar-refractivity contribution >= 4 is 5.91 Å². The van der Waals surface area contributed by atoms with Crippen molar-refractivity contribution in [2.75, 3.05) is 0 Å². The number of nitrogens with one attached hydrogen (secondary N) is 1. The first-order chi connectivity index (χ1) is 14.2. The molecule has 1 amide bonds. The number of furan rings is 1. The van der Waals surface area contributed by atoms with Crippen LogP contribution < -0.4 is 11.1 Å². The third-order valence-electron chi connectivity index (χ3n) is 4.45. The molecule has 0 aliphatic rings. The second-order valence-electron chi connectivity index (χ2n) is 6.53. The minimum atomic E-state index is -0.717. The molecule has 7 nitrogen and oxygen atoms in total. The fraction of sp³-hybridized carbons (Fsp3) is 0.136. The summed E-state index contributed by atoms with van der Waals surface area (Å²) in [6, 6.07) is 22.7. The van der Waals surface area contributed by atoms with Crippen LogP contribution in [-0.2, 0) is 17.8 Å². The van der Waals surface area contributed by atoms with Crippen LogP contribution in [0.5, 0.6) is 0 Å². The molecule has 1 unspecified atom stereocenters. The Labute approximate surface area is 166 Å². The van der Waals surface area contributed by atoms with Gasteiger partial charge in [0.05, 0.1) is 12.3 Å². The second kappa shape index (κ2) is 8.43. The molecule has 0 aliphatic heterocycles. The molecule has 0 radical (unpaired) electrons. The Balaban J connectivity index is 1.50. The zero-order valence-corrected chi connectivity index (χ0v) is 15.5. The molecule has 146 valence electrons. The minimum absolute atomic E-state index is 0.0386. The average molecular weight is 389 g/mol. The van der Waals surface area contributed by atoms with Gasteiger partial charge in [0, 0.05) is 0 Å². The molecular weight excluding hydrogens is 370 g/mol. The Kier molecular flexibility index (Phi) is 5.38. The van der Waals surface area contributed by atoms with Crippen LogP contribution >= 0.6 is 0 Å². The number of hydrogen-bond donors (Lipinski definition) is 1. The summed E-state index contributed by atoms with van der Waals surface area (Å²) >= 11 is 0. The van der Waals surface area contributed by atoms with Crippen molar-refractivity contribution in [3.8, 4) is 11.7 Å². The van der Waals surface area contributed by atoms with E-state index in [0.717, 1.165) is 15.8 Å². The molecule has 4 aromatic rings. The molecule has 0 spiro atoms. The van der Waals surface area contributed by atoms with E-state index >= 15 is 0 Å². The zero-order chi connectivity index (χ0) is 20.1. The first-order valence-corrected chi connectivity index (χ1v) is 9.19. The third-order valence-corrected chi connectivity index (χ3v) is 4.45. The van der Waals surface area contributed by atoms with Crippen molar-refractivity contribution in [3.05, 3.63) is 101 Å². The number of aromatic nitrogens is 2. The lowest BCUT2D eigenvalue weighted by Gasteiger charge is -2.19. The van der Waals surface area contributed by atoms with Gasteiger partial charge in [-0.05, 0) is 29.7 Å². The molecule has 2 aromatic heterocycles.